The number of thiazole rings is 1. The molecule has 0 unspecified atom stereocenters. The highest BCUT2D eigenvalue weighted by molar-refractivity contribution is 7.07. The molecule has 1 heterocycles. The van der Waals surface area contributed by atoms with E-state index in [1.54, 1.807) is 22.8 Å². The molecule has 0 N–H and O–H groups in total. The van der Waals surface area contributed by atoms with Crippen LogP contribution in [0.4, 0.5) is 0 Å². The molecule has 3 nitrogen and oxygen atoms in total. The van der Waals surface area contributed by atoms with E-state index in [2.05, 4.69) is 4.98 Å². The average Bonchev–Trinajstić information content (AvgIpc) is 2.83. The maximum absolute atomic E-state index is 11.9. The fourth-order valence-corrected chi connectivity index (χ4v) is 1.97. The maximum Gasteiger partial charge on any atom is 0.273 e. The summed E-state index contributed by atoms with van der Waals surface area (Å²) in [6, 6.07) is 9.91. The van der Waals surface area contributed by atoms with Crippen LogP contribution in [-0.4, -0.2) is 22.8 Å². The minimum Gasteiger partial charge on any atom is -0.336 e. The molecule has 0 fully saturated rings. The van der Waals surface area contributed by atoms with Crippen molar-refractivity contribution in [1.82, 2.24) is 9.88 Å². The van der Waals surface area contributed by atoms with Gasteiger partial charge in [0.05, 0.1) is 5.51 Å². The lowest BCUT2D eigenvalue weighted by Gasteiger charge is -2.15. The SMILES string of the molecule is CN(Cc1ccccc1)C(=O)c1cscn1. The van der Waals surface area contributed by atoms with Crippen LogP contribution in [0.1, 0.15) is 16.1 Å². The van der Waals surface area contributed by atoms with E-state index in [9.17, 15) is 4.79 Å². The van der Waals surface area contributed by atoms with Crippen LogP contribution in [0.5, 0.6) is 0 Å². The van der Waals surface area contributed by atoms with Crippen LogP contribution in [0.25, 0.3) is 0 Å². The lowest BCUT2D eigenvalue weighted by molar-refractivity contribution is 0.0780. The second-order valence-electron chi connectivity index (χ2n) is 3.52. The highest BCUT2D eigenvalue weighted by atomic mass is 32.1. The van der Waals surface area contributed by atoms with Crippen molar-refractivity contribution in [2.24, 2.45) is 0 Å². The van der Waals surface area contributed by atoms with E-state index in [1.165, 1.54) is 11.3 Å². The van der Waals surface area contributed by atoms with E-state index in [1.807, 2.05) is 30.3 Å². The molecule has 0 radical (unpaired) electrons. The van der Waals surface area contributed by atoms with Gasteiger partial charge in [0.25, 0.3) is 5.91 Å². The minimum absolute atomic E-state index is 0.0369. The van der Waals surface area contributed by atoms with Crippen molar-refractivity contribution in [3.63, 3.8) is 0 Å². The molecule has 2 aromatic rings. The molecule has 1 aromatic heterocycles. The Balaban J connectivity index is 2.04. The normalized spacial score (nSPS) is 10.1. The Morgan fingerprint density at radius 3 is 2.75 bits per heavy atom. The Bertz CT molecular complexity index is 453. The van der Waals surface area contributed by atoms with Crippen LogP contribution in [0, 0.1) is 0 Å². The van der Waals surface area contributed by atoms with Gasteiger partial charge in [0.2, 0.25) is 0 Å². The van der Waals surface area contributed by atoms with E-state index < -0.39 is 0 Å². The molecule has 1 amide bonds. The van der Waals surface area contributed by atoms with Crippen LogP contribution >= 0.6 is 11.3 Å². The second kappa shape index (κ2) is 4.90. The highest BCUT2D eigenvalue weighted by Gasteiger charge is 2.13. The van der Waals surface area contributed by atoms with Crippen LogP contribution in [0.2, 0.25) is 0 Å². The van der Waals surface area contributed by atoms with E-state index in [0.29, 0.717) is 12.2 Å². The Kier molecular flexibility index (Phi) is 3.31. The third-order valence-electron chi connectivity index (χ3n) is 2.26. The summed E-state index contributed by atoms with van der Waals surface area (Å²) >= 11 is 1.43. The Labute approximate surface area is 98.4 Å². The monoisotopic (exact) mass is 232 g/mol. The van der Waals surface area contributed by atoms with Gasteiger partial charge in [0, 0.05) is 19.0 Å². The molecule has 16 heavy (non-hydrogen) atoms. The Hall–Kier alpha value is -1.68. The van der Waals surface area contributed by atoms with Crippen molar-refractivity contribution in [2.75, 3.05) is 7.05 Å². The number of amides is 1. The standard InChI is InChI=1S/C12H12N2OS/c1-14(7-10-5-3-2-4-6-10)12(15)11-8-16-9-13-11/h2-6,8-9H,7H2,1H3. The topological polar surface area (TPSA) is 33.2 Å². The predicted octanol–water partition coefficient (Wildman–Crippen LogP) is 2.42. The molecule has 0 aliphatic rings. The summed E-state index contributed by atoms with van der Waals surface area (Å²) in [4.78, 5) is 17.6. The lowest BCUT2D eigenvalue weighted by Crippen LogP contribution is -2.26. The van der Waals surface area contributed by atoms with Gasteiger partial charge in [-0.1, -0.05) is 30.3 Å². The molecule has 0 saturated carbocycles. The molecule has 82 valence electrons. The van der Waals surface area contributed by atoms with Gasteiger partial charge in [-0.15, -0.1) is 11.3 Å². The van der Waals surface area contributed by atoms with Crippen molar-refractivity contribution in [3.05, 3.63) is 52.5 Å². The first-order chi connectivity index (χ1) is 7.77. The van der Waals surface area contributed by atoms with Crippen molar-refractivity contribution < 1.29 is 4.79 Å². The van der Waals surface area contributed by atoms with Crippen molar-refractivity contribution in [2.45, 2.75) is 6.54 Å². The second-order valence-corrected chi connectivity index (χ2v) is 4.24. The largest absolute Gasteiger partial charge is 0.336 e. The summed E-state index contributed by atoms with van der Waals surface area (Å²) < 4.78 is 0. The molecule has 4 heteroatoms. The number of carbonyl (C=O) groups is 1. The van der Waals surface area contributed by atoms with Gasteiger partial charge >= 0.3 is 0 Å². The molecule has 0 aliphatic heterocycles. The summed E-state index contributed by atoms with van der Waals surface area (Å²) in [5.41, 5.74) is 3.31. The Morgan fingerprint density at radius 2 is 2.12 bits per heavy atom. The molecular weight excluding hydrogens is 220 g/mol. The van der Waals surface area contributed by atoms with Crippen molar-refractivity contribution in [1.29, 1.82) is 0 Å². The quantitative estimate of drug-likeness (QED) is 0.814. The van der Waals surface area contributed by atoms with Crippen molar-refractivity contribution >= 4 is 17.2 Å². The van der Waals surface area contributed by atoms with Gasteiger partial charge in [0.15, 0.2) is 0 Å². The van der Waals surface area contributed by atoms with Gasteiger partial charge in [-0.3, -0.25) is 4.79 Å². The van der Waals surface area contributed by atoms with Crippen LogP contribution < -0.4 is 0 Å². The van der Waals surface area contributed by atoms with Crippen LogP contribution in [0.15, 0.2) is 41.2 Å². The zero-order valence-electron chi connectivity index (χ0n) is 8.96. The number of aromatic nitrogens is 1. The highest BCUT2D eigenvalue weighted by Crippen LogP contribution is 2.08. The lowest BCUT2D eigenvalue weighted by atomic mass is 10.2. The fourth-order valence-electron chi connectivity index (χ4n) is 1.44. The average molecular weight is 232 g/mol. The molecule has 0 spiro atoms. The first-order valence-corrected chi connectivity index (χ1v) is 5.89. The predicted molar refractivity (Wildman–Crippen MR) is 64.4 cm³/mol. The van der Waals surface area contributed by atoms with E-state index >= 15 is 0 Å². The third-order valence-corrected chi connectivity index (χ3v) is 2.85. The molecule has 1 aromatic carbocycles. The van der Waals surface area contributed by atoms with Gasteiger partial charge in [0.1, 0.15) is 5.69 Å². The zero-order valence-corrected chi connectivity index (χ0v) is 9.78. The number of benzene rings is 1. The van der Waals surface area contributed by atoms with E-state index in [0.717, 1.165) is 5.56 Å². The summed E-state index contributed by atoms with van der Waals surface area (Å²) in [6.45, 7) is 0.608. The van der Waals surface area contributed by atoms with Gasteiger partial charge < -0.3 is 4.90 Å². The van der Waals surface area contributed by atoms with Crippen molar-refractivity contribution in [3.8, 4) is 0 Å². The summed E-state index contributed by atoms with van der Waals surface area (Å²) in [5, 5.41) is 1.77. The number of hydrogen-bond acceptors (Lipinski definition) is 3. The molecule has 2 rings (SSSR count). The van der Waals surface area contributed by atoms with E-state index in [-0.39, 0.29) is 5.91 Å². The number of hydrogen-bond donors (Lipinski definition) is 0. The smallest absolute Gasteiger partial charge is 0.273 e. The van der Waals surface area contributed by atoms with Crippen LogP contribution in [-0.2, 0) is 6.54 Å². The van der Waals surface area contributed by atoms with E-state index in [4.69, 9.17) is 0 Å². The summed E-state index contributed by atoms with van der Waals surface area (Å²) in [5.74, 6) is -0.0369. The first-order valence-electron chi connectivity index (χ1n) is 4.95. The third kappa shape index (κ3) is 2.46. The minimum atomic E-state index is -0.0369. The molecule has 0 saturated heterocycles. The molecule has 0 bridgehead atoms. The first kappa shape index (κ1) is 10.8. The maximum atomic E-state index is 11.9. The number of rotatable bonds is 3. The fraction of sp³-hybridized carbons (Fsp3) is 0.167. The summed E-state index contributed by atoms with van der Waals surface area (Å²) in [7, 11) is 1.79. The van der Waals surface area contributed by atoms with Crippen LogP contribution in [0.3, 0.4) is 0 Å². The molecular formula is C12H12N2OS. The zero-order chi connectivity index (χ0) is 11.4. The number of carbonyl (C=O) groups excluding carboxylic acids is 1. The summed E-state index contributed by atoms with van der Waals surface area (Å²) in [6.07, 6.45) is 0. The Morgan fingerprint density at radius 1 is 1.38 bits per heavy atom. The molecule has 0 atom stereocenters. The van der Waals surface area contributed by atoms with Gasteiger partial charge in [-0.05, 0) is 5.56 Å². The number of nitrogens with zero attached hydrogens (tertiary/aromatic N) is 2. The van der Waals surface area contributed by atoms with Gasteiger partial charge in [-0.25, -0.2) is 4.98 Å². The molecule has 0 aliphatic carbocycles. The van der Waals surface area contributed by atoms with Gasteiger partial charge in [-0.2, -0.15) is 0 Å².